The first-order valence-corrected chi connectivity index (χ1v) is 5.86. The molecule has 3 nitrogen and oxygen atoms in total. The van der Waals surface area contributed by atoms with Crippen LogP contribution in [0.2, 0.25) is 0 Å². The molecule has 0 spiro atoms. The summed E-state index contributed by atoms with van der Waals surface area (Å²) in [4.78, 5) is 1.86. The van der Waals surface area contributed by atoms with Crippen molar-refractivity contribution in [1.82, 2.24) is 5.32 Å². The van der Waals surface area contributed by atoms with Gasteiger partial charge in [-0.3, -0.25) is 0 Å². The van der Waals surface area contributed by atoms with Gasteiger partial charge in [0.1, 0.15) is 5.82 Å². The summed E-state index contributed by atoms with van der Waals surface area (Å²) >= 11 is 0. The highest BCUT2D eigenvalue weighted by Gasteiger charge is 2.09. The molecule has 0 radical (unpaired) electrons. The Labute approximate surface area is 106 Å². The van der Waals surface area contributed by atoms with Gasteiger partial charge in [-0.15, -0.1) is 0 Å². The Morgan fingerprint density at radius 3 is 2.72 bits per heavy atom. The molecule has 4 heteroatoms. The van der Waals surface area contributed by atoms with Crippen molar-refractivity contribution in [2.75, 3.05) is 19.0 Å². The van der Waals surface area contributed by atoms with Crippen LogP contribution in [-0.2, 0) is 13.1 Å². The normalized spacial score (nSPS) is 10.6. The number of hydrogen-bond acceptors (Lipinski definition) is 3. The van der Waals surface area contributed by atoms with Crippen LogP contribution in [0.3, 0.4) is 0 Å². The molecule has 2 rings (SSSR count). The average molecular weight is 248 g/mol. The number of nitrogens with zero attached hydrogens (tertiary/aromatic N) is 1. The maximum Gasteiger partial charge on any atom is 0.146 e. The molecule has 1 heterocycles. The van der Waals surface area contributed by atoms with Gasteiger partial charge in [0.25, 0.3) is 0 Å². The Kier molecular flexibility index (Phi) is 3.99. The summed E-state index contributed by atoms with van der Waals surface area (Å²) in [7, 11) is 3.71. The Morgan fingerprint density at radius 1 is 1.28 bits per heavy atom. The minimum atomic E-state index is -0.200. The van der Waals surface area contributed by atoms with Gasteiger partial charge in [0.05, 0.1) is 18.2 Å². The number of halogens is 1. The lowest BCUT2D eigenvalue weighted by Gasteiger charge is -2.19. The van der Waals surface area contributed by atoms with Crippen LogP contribution in [0.5, 0.6) is 0 Å². The van der Waals surface area contributed by atoms with E-state index in [0.29, 0.717) is 18.8 Å². The zero-order valence-corrected chi connectivity index (χ0v) is 10.6. The van der Waals surface area contributed by atoms with Crippen LogP contribution in [0.15, 0.2) is 41.2 Å². The van der Waals surface area contributed by atoms with Gasteiger partial charge < -0.3 is 14.6 Å². The zero-order valence-electron chi connectivity index (χ0n) is 10.6. The highest BCUT2D eigenvalue weighted by atomic mass is 19.1. The molecule has 0 aliphatic heterocycles. The third kappa shape index (κ3) is 2.90. The lowest BCUT2D eigenvalue weighted by Crippen LogP contribution is -2.17. The molecule has 0 bridgehead atoms. The van der Waals surface area contributed by atoms with Crippen molar-refractivity contribution in [3.63, 3.8) is 0 Å². The second-order valence-corrected chi connectivity index (χ2v) is 4.30. The van der Waals surface area contributed by atoms with Crippen LogP contribution in [0.25, 0.3) is 0 Å². The van der Waals surface area contributed by atoms with Gasteiger partial charge in [0.2, 0.25) is 0 Å². The first kappa shape index (κ1) is 12.6. The van der Waals surface area contributed by atoms with E-state index in [1.54, 1.807) is 18.6 Å². The Balaban J connectivity index is 2.12. The summed E-state index contributed by atoms with van der Waals surface area (Å²) in [5, 5.41) is 3.00. The molecule has 1 aromatic carbocycles. The largest absolute Gasteiger partial charge is 0.472 e. The molecule has 96 valence electrons. The van der Waals surface area contributed by atoms with Crippen LogP contribution >= 0.6 is 0 Å². The number of benzene rings is 1. The van der Waals surface area contributed by atoms with Crippen molar-refractivity contribution in [2.24, 2.45) is 0 Å². The van der Waals surface area contributed by atoms with Gasteiger partial charge in [-0.2, -0.15) is 0 Å². The predicted molar refractivity (Wildman–Crippen MR) is 70.0 cm³/mol. The van der Waals surface area contributed by atoms with E-state index in [0.717, 1.165) is 11.1 Å². The van der Waals surface area contributed by atoms with Crippen molar-refractivity contribution in [2.45, 2.75) is 13.1 Å². The fourth-order valence-corrected chi connectivity index (χ4v) is 1.92. The summed E-state index contributed by atoms with van der Waals surface area (Å²) in [6, 6.07) is 7.18. The second-order valence-electron chi connectivity index (χ2n) is 4.30. The van der Waals surface area contributed by atoms with E-state index in [2.05, 4.69) is 5.32 Å². The highest BCUT2D eigenvalue weighted by Crippen LogP contribution is 2.21. The minimum Gasteiger partial charge on any atom is -0.472 e. The number of hydrogen-bond donors (Lipinski definition) is 1. The summed E-state index contributed by atoms with van der Waals surface area (Å²) in [5.41, 5.74) is 2.56. The first-order chi connectivity index (χ1) is 8.70. The molecule has 0 unspecified atom stereocenters. The SMILES string of the molecule is CNCc1ccc(N(C)Cc2ccoc2)c(F)c1. The minimum absolute atomic E-state index is 0.200. The summed E-state index contributed by atoms with van der Waals surface area (Å²) < 4.78 is 19.0. The Morgan fingerprint density at radius 2 is 2.11 bits per heavy atom. The van der Waals surface area contributed by atoms with E-state index in [4.69, 9.17) is 4.42 Å². The van der Waals surface area contributed by atoms with Crippen LogP contribution < -0.4 is 10.2 Å². The fraction of sp³-hybridized carbons (Fsp3) is 0.286. The topological polar surface area (TPSA) is 28.4 Å². The van der Waals surface area contributed by atoms with E-state index in [1.165, 1.54) is 0 Å². The van der Waals surface area contributed by atoms with Crippen LogP contribution in [-0.4, -0.2) is 14.1 Å². The average Bonchev–Trinajstić information content (AvgIpc) is 2.82. The van der Waals surface area contributed by atoms with E-state index in [9.17, 15) is 4.39 Å². The van der Waals surface area contributed by atoms with E-state index in [1.807, 2.05) is 37.2 Å². The molecule has 0 saturated heterocycles. The summed E-state index contributed by atoms with van der Waals surface area (Å²) in [5.74, 6) is -0.200. The molecule has 0 atom stereocenters. The fourth-order valence-electron chi connectivity index (χ4n) is 1.92. The first-order valence-electron chi connectivity index (χ1n) is 5.86. The molecule has 0 aliphatic carbocycles. The van der Waals surface area contributed by atoms with E-state index < -0.39 is 0 Å². The molecular weight excluding hydrogens is 231 g/mol. The predicted octanol–water partition coefficient (Wildman–Crippen LogP) is 2.77. The van der Waals surface area contributed by atoms with E-state index >= 15 is 0 Å². The van der Waals surface area contributed by atoms with Crippen molar-refractivity contribution < 1.29 is 8.81 Å². The maximum absolute atomic E-state index is 14.0. The van der Waals surface area contributed by atoms with Gasteiger partial charge in [-0.1, -0.05) is 6.07 Å². The van der Waals surface area contributed by atoms with Crippen molar-refractivity contribution >= 4 is 5.69 Å². The monoisotopic (exact) mass is 248 g/mol. The second kappa shape index (κ2) is 5.69. The van der Waals surface area contributed by atoms with Crippen LogP contribution in [0.1, 0.15) is 11.1 Å². The van der Waals surface area contributed by atoms with E-state index in [-0.39, 0.29) is 5.82 Å². The highest BCUT2D eigenvalue weighted by molar-refractivity contribution is 5.48. The van der Waals surface area contributed by atoms with Crippen LogP contribution in [0, 0.1) is 5.82 Å². The maximum atomic E-state index is 14.0. The Bertz CT molecular complexity index is 497. The van der Waals surface area contributed by atoms with Gasteiger partial charge in [-0.05, 0) is 30.8 Å². The van der Waals surface area contributed by atoms with Gasteiger partial charge in [0.15, 0.2) is 0 Å². The number of anilines is 1. The smallest absolute Gasteiger partial charge is 0.146 e. The van der Waals surface area contributed by atoms with Crippen molar-refractivity contribution in [3.05, 3.63) is 53.7 Å². The number of nitrogens with one attached hydrogen (secondary N) is 1. The van der Waals surface area contributed by atoms with Crippen molar-refractivity contribution in [3.8, 4) is 0 Å². The molecule has 1 N–H and O–H groups in total. The zero-order chi connectivity index (χ0) is 13.0. The van der Waals surface area contributed by atoms with Gasteiger partial charge in [-0.25, -0.2) is 4.39 Å². The molecule has 0 amide bonds. The quantitative estimate of drug-likeness (QED) is 0.882. The molecule has 0 fully saturated rings. The molecular formula is C14H17FN2O. The third-order valence-electron chi connectivity index (χ3n) is 2.80. The molecule has 0 aliphatic rings. The molecule has 1 aromatic heterocycles. The Hall–Kier alpha value is -1.81. The molecule has 18 heavy (non-hydrogen) atoms. The number of rotatable bonds is 5. The number of furan rings is 1. The molecule has 2 aromatic rings. The molecule has 0 saturated carbocycles. The standard InChI is InChI=1S/C14H17FN2O/c1-16-8-11-3-4-14(13(15)7-11)17(2)9-12-5-6-18-10-12/h3-7,10,16H,8-9H2,1-2H3. The summed E-state index contributed by atoms with van der Waals surface area (Å²) in [6.45, 7) is 1.29. The lowest BCUT2D eigenvalue weighted by atomic mass is 10.1. The summed E-state index contributed by atoms with van der Waals surface area (Å²) in [6.07, 6.45) is 3.29. The van der Waals surface area contributed by atoms with Gasteiger partial charge in [0, 0.05) is 25.7 Å². The lowest BCUT2D eigenvalue weighted by molar-refractivity contribution is 0.563. The third-order valence-corrected chi connectivity index (χ3v) is 2.80. The van der Waals surface area contributed by atoms with Crippen LogP contribution in [0.4, 0.5) is 10.1 Å². The van der Waals surface area contributed by atoms with Crippen molar-refractivity contribution in [1.29, 1.82) is 0 Å². The van der Waals surface area contributed by atoms with Gasteiger partial charge >= 0.3 is 0 Å².